The zero-order valence-electron chi connectivity index (χ0n) is 16.0. The molecule has 0 unspecified atom stereocenters. The quantitative estimate of drug-likeness (QED) is 0.870. The van der Waals surface area contributed by atoms with Crippen molar-refractivity contribution < 1.29 is 4.79 Å². The van der Waals surface area contributed by atoms with Crippen LogP contribution >= 0.6 is 0 Å². The van der Waals surface area contributed by atoms with Crippen LogP contribution in [0.5, 0.6) is 0 Å². The number of hydrogen-bond donors (Lipinski definition) is 1. The highest BCUT2D eigenvalue weighted by atomic mass is 16.2. The van der Waals surface area contributed by atoms with E-state index >= 15 is 0 Å². The van der Waals surface area contributed by atoms with E-state index in [-0.39, 0.29) is 24.2 Å². The van der Waals surface area contributed by atoms with Gasteiger partial charge in [0.15, 0.2) is 0 Å². The molecule has 0 radical (unpaired) electrons. The SMILES string of the molecule is C[C@H]1CCCC[C@@H]1NC(=O)Cn1nc2n(c1=O)-c1ccccc1C1=NCCN12. The number of amidine groups is 1. The van der Waals surface area contributed by atoms with Gasteiger partial charge < -0.3 is 5.32 Å². The smallest absolute Gasteiger partial charge is 0.351 e. The second kappa shape index (κ2) is 6.61. The van der Waals surface area contributed by atoms with Gasteiger partial charge in [-0.25, -0.2) is 14.0 Å². The highest BCUT2D eigenvalue weighted by Gasteiger charge is 2.34. The molecule has 1 aliphatic carbocycles. The average Bonchev–Trinajstić information content (AvgIpc) is 3.30. The summed E-state index contributed by atoms with van der Waals surface area (Å²) in [5.74, 6) is 1.71. The topological polar surface area (TPSA) is 84.5 Å². The van der Waals surface area contributed by atoms with Crippen molar-refractivity contribution in [2.45, 2.75) is 45.2 Å². The van der Waals surface area contributed by atoms with Crippen molar-refractivity contribution in [3.8, 4) is 5.69 Å². The van der Waals surface area contributed by atoms with Gasteiger partial charge in [-0.15, -0.1) is 5.10 Å². The number of para-hydroxylation sites is 1. The van der Waals surface area contributed by atoms with Crippen LogP contribution in [-0.4, -0.2) is 45.2 Å². The number of nitrogens with zero attached hydrogens (tertiary/aromatic N) is 5. The van der Waals surface area contributed by atoms with Gasteiger partial charge in [0.2, 0.25) is 11.9 Å². The lowest BCUT2D eigenvalue weighted by Crippen LogP contribution is -2.43. The highest BCUT2D eigenvalue weighted by Crippen LogP contribution is 2.29. The first kappa shape index (κ1) is 17.2. The van der Waals surface area contributed by atoms with Crippen molar-refractivity contribution in [2.24, 2.45) is 10.9 Å². The first-order valence-corrected chi connectivity index (χ1v) is 10.0. The fraction of sp³-hybridized carbons (Fsp3) is 0.500. The number of amides is 1. The summed E-state index contributed by atoms with van der Waals surface area (Å²) in [5, 5.41) is 7.60. The number of fused-ring (bicyclic) bond motifs is 6. The highest BCUT2D eigenvalue weighted by molar-refractivity contribution is 6.14. The minimum atomic E-state index is -0.291. The van der Waals surface area contributed by atoms with Crippen molar-refractivity contribution in [3.63, 3.8) is 0 Å². The molecular weight excluding hydrogens is 356 g/mol. The number of nitrogens with one attached hydrogen (secondary N) is 1. The summed E-state index contributed by atoms with van der Waals surface area (Å²) < 4.78 is 2.87. The van der Waals surface area contributed by atoms with Crippen molar-refractivity contribution >= 4 is 17.7 Å². The van der Waals surface area contributed by atoms with Gasteiger partial charge in [-0.05, 0) is 30.9 Å². The number of carbonyl (C=O) groups is 1. The van der Waals surface area contributed by atoms with Gasteiger partial charge >= 0.3 is 5.69 Å². The largest absolute Gasteiger partial charge is 0.352 e. The van der Waals surface area contributed by atoms with Gasteiger partial charge in [0.25, 0.3) is 0 Å². The van der Waals surface area contributed by atoms with Crippen molar-refractivity contribution in [1.82, 2.24) is 19.7 Å². The normalized spacial score (nSPS) is 22.9. The first-order valence-electron chi connectivity index (χ1n) is 10.0. The summed E-state index contributed by atoms with van der Waals surface area (Å²) in [4.78, 5) is 32.2. The second-order valence-electron chi connectivity index (χ2n) is 7.89. The summed E-state index contributed by atoms with van der Waals surface area (Å²) >= 11 is 0. The van der Waals surface area contributed by atoms with Gasteiger partial charge in [0.05, 0.1) is 12.2 Å². The van der Waals surface area contributed by atoms with Crippen LogP contribution in [0, 0.1) is 5.92 Å². The molecule has 28 heavy (non-hydrogen) atoms. The maximum atomic E-state index is 13.1. The van der Waals surface area contributed by atoms with Crippen LogP contribution in [0.15, 0.2) is 34.1 Å². The van der Waals surface area contributed by atoms with Crippen LogP contribution < -0.4 is 15.9 Å². The maximum absolute atomic E-state index is 13.1. The van der Waals surface area contributed by atoms with Crippen molar-refractivity contribution in [3.05, 3.63) is 40.3 Å². The number of aliphatic imine (C=N–C) groups is 1. The average molecular weight is 380 g/mol. The lowest BCUT2D eigenvalue weighted by atomic mass is 9.86. The zero-order valence-corrected chi connectivity index (χ0v) is 16.0. The minimum absolute atomic E-state index is 0.0649. The number of rotatable bonds is 3. The molecule has 0 spiro atoms. The Morgan fingerprint density at radius 3 is 2.93 bits per heavy atom. The molecule has 1 aromatic carbocycles. The van der Waals surface area contributed by atoms with Crippen molar-refractivity contribution in [2.75, 3.05) is 18.0 Å². The molecule has 2 aliphatic heterocycles. The molecule has 2 atom stereocenters. The molecule has 3 heterocycles. The Kier molecular flexibility index (Phi) is 4.07. The van der Waals surface area contributed by atoms with E-state index < -0.39 is 0 Å². The summed E-state index contributed by atoms with van der Waals surface area (Å²) in [6.45, 7) is 3.47. The Bertz CT molecular complexity index is 1020. The van der Waals surface area contributed by atoms with Gasteiger partial charge in [0, 0.05) is 18.2 Å². The number of carbonyl (C=O) groups excluding carboxylic acids is 1. The first-order chi connectivity index (χ1) is 13.6. The van der Waals surface area contributed by atoms with E-state index in [1.807, 2.05) is 29.2 Å². The molecule has 1 aromatic heterocycles. The lowest BCUT2D eigenvalue weighted by Gasteiger charge is -2.29. The predicted molar refractivity (Wildman–Crippen MR) is 106 cm³/mol. The third kappa shape index (κ3) is 2.66. The number of benzene rings is 1. The third-order valence-corrected chi connectivity index (χ3v) is 6.04. The Hall–Kier alpha value is -2.90. The van der Waals surface area contributed by atoms with Crippen LogP contribution in [-0.2, 0) is 11.3 Å². The Morgan fingerprint density at radius 2 is 2.07 bits per heavy atom. The third-order valence-electron chi connectivity index (χ3n) is 6.04. The van der Waals surface area contributed by atoms with E-state index in [2.05, 4.69) is 22.3 Å². The molecule has 0 bridgehead atoms. The molecule has 5 rings (SSSR count). The van der Waals surface area contributed by atoms with Gasteiger partial charge in [-0.1, -0.05) is 31.9 Å². The van der Waals surface area contributed by atoms with Crippen LogP contribution in [0.3, 0.4) is 0 Å². The van der Waals surface area contributed by atoms with Crippen LogP contribution in [0.4, 0.5) is 5.95 Å². The molecule has 8 heteroatoms. The zero-order chi connectivity index (χ0) is 19.3. The van der Waals surface area contributed by atoms with Crippen LogP contribution in [0.25, 0.3) is 5.69 Å². The standard InChI is InChI=1S/C20H24N6O2/c1-13-6-2-4-8-15(13)22-17(27)12-25-20(28)26-16-9-5-3-7-14(16)18-21-10-11-24(18)19(26)23-25/h3,5,7,9,13,15H,2,4,6,8,10-12H2,1H3,(H,22,27)/t13-,15-/m0/s1. The molecule has 3 aliphatic rings. The predicted octanol–water partition coefficient (Wildman–Crippen LogP) is 1.31. The molecule has 146 valence electrons. The minimum Gasteiger partial charge on any atom is -0.351 e. The van der Waals surface area contributed by atoms with E-state index in [1.54, 1.807) is 4.57 Å². The molecule has 8 nitrogen and oxygen atoms in total. The Morgan fingerprint density at radius 1 is 1.25 bits per heavy atom. The van der Waals surface area contributed by atoms with Crippen LogP contribution in [0.1, 0.15) is 38.2 Å². The summed E-state index contributed by atoms with van der Waals surface area (Å²) in [5.41, 5.74) is 1.40. The summed E-state index contributed by atoms with van der Waals surface area (Å²) in [6.07, 6.45) is 4.50. The molecule has 1 N–H and O–H groups in total. The molecule has 1 saturated carbocycles. The van der Waals surface area contributed by atoms with E-state index in [0.717, 1.165) is 36.3 Å². The Labute approximate surface area is 162 Å². The number of hydrogen-bond acceptors (Lipinski definition) is 5. The number of aromatic nitrogens is 3. The number of anilines is 1. The molecular formula is C20H24N6O2. The van der Waals surface area contributed by atoms with E-state index in [4.69, 9.17) is 0 Å². The van der Waals surface area contributed by atoms with Crippen molar-refractivity contribution in [1.29, 1.82) is 0 Å². The molecule has 2 aromatic rings. The molecule has 0 saturated heterocycles. The molecule has 1 fully saturated rings. The second-order valence-corrected chi connectivity index (χ2v) is 7.89. The van der Waals surface area contributed by atoms with Gasteiger partial charge in [-0.2, -0.15) is 0 Å². The van der Waals surface area contributed by atoms with Gasteiger partial charge in [0.1, 0.15) is 12.4 Å². The van der Waals surface area contributed by atoms with Crippen LogP contribution in [0.2, 0.25) is 0 Å². The molecule has 1 amide bonds. The Balaban J connectivity index is 1.45. The van der Waals surface area contributed by atoms with E-state index in [0.29, 0.717) is 25.0 Å². The fourth-order valence-electron chi connectivity index (χ4n) is 4.53. The van der Waals surface area contributed by atoms with E-state index in [9.17, 15) is 9.59 Å². The monoisotopic (exact) mass is 380 g/mol. The maximum Gasteiger partial charge on any atom is 0.352 e. The summed E-state index contributed by atoms with van der Waals surface area (Å²) in [7, 11) is 0. The summed E-state index contributed by atoms with van der Waals surface area (Å²) in [6, 6.07) is 7.89. The lowest BCUT2D eigenvalue weighted by molar-refractivity contribution is -0.123. The van der Waals surface area contributed by atoms with E-state index in [1.165, 1.54) is 11.1 Å². The van der Waals surface area contributed by atoms with Gasteiger partial charge in [-0.3, -0.25) is 14.7 Å². The fourth-order valence-corrected chi connectivity index (χ4v) is 4.53.